The molecule has 3 aromatic rings. The first-order valence-electron chi connectivity index (χ1n) is 11.8. The fourth-order valence-corrected chi connectivity index (χ4v) is 4.19. The van der Waals surface area contributed by atoms with Crippen LogP contribution in [-0.2, 0) is 11.1 Å². The molecule has 0 saturated carbocycles. The van der Waals surface area contributed by atoms with Crippen LogP contribution >= 0.6 is 0 Å². The van der Waals surface area contributed by atoms with Crippen LogP contribution in [-0.4, -0.2) is 55.7 Å². The molecule has 0 saturated heterocycles. The number of halogens is 8. The number of methoxy groups -OCH3 is 2. The first-order valence-corrected chi connectivity index (χ1v) is 11.8. The van der Waals surface area contributed by atoms with Crippen LogP contribution in [0, 0.1) is 11.6 Å². The van der Waals surface area contributed by atoms with Gasteiger partial charge in [-0.1, -0.05) is 0 Å². The lowest BCUT2D eigenvalue weighted by atomic mass is 9.87. The number of hydrogen-bond acceptors (Lipinski definition) is 7. The smallest absolute Gasteiger partial charge is 0.424 e. The second-order valence-corrected chi connectivity index (χ2v) is 9.23. The number of alkyl halides is 6. The van der Waals surface area contributed by atoms with Crippen molar-refractivity contribution in [2.75, 3.05) is 27.4 Å². The van der Waals surface area contributed by atoms with E-state index in [4.69, 9.17) is 19.9 Å². The highest BCUT2D eigenvalue weighted by Crippen LogP contribution is 2.51. The number of fused-ring (bicyclic) bond motifs is 1. The molecule has 1 aromatic heterocycles. The van der Waals surface area contributed by atoms with Crippen molar-refractivity contribution in [2.24, 2.45) is 5.73 Å². The van der Waals surface area contributed by atoms with Crippen molar-refractivity contribution >= 4 is 5.91 Å². The molecule has 1 aliphatic heterocycles. The number of aliphatic hydroxyl groups is 1. The monoisotopic (exact) mass is 607 g/mol. The van der Waals surface area contributed by atoms with Gasteiger partial charge in [-0.15, -0.1) is 0 Å². The Hall–Kier alpha value is -4.18. The first kappa shape index (κ1) is 30.8. The summed E-state index contributed by atoms with van der Waals surface area (Å²) in [5.41, 5.74) is -5.83. The van der Waals surface area contributed by atoms with Gasteiger partial charge in [0.15, 0.2) is 22.8 Å². The molecular formula is C26H21F8N3O5. The minimum Gasteiger partial charge on any atom is -0.493 e. The largest absolute Gasteiger partial charge is 0.493 e. The van der Waals surface area contributed by atoms with E-state index < -0.39 is 82.5 Å². The number of amides is 1. The highest BCUT2D eigenvalue weighted by atomic mass is 19.4. The Labute approximate surface area is 232 Å². The lowest BCUT2D eigenvalue weighted by Crippen LogP contribution is -2.53. The Morgan fingerprint density at radius 3 is 2.19 bits per heavy atom. The third kappa shape index (κ3) is 5.15. The summed E-state index contributed by atoms with van der Waals surface area (Å²) in [5.74, 6) is -4.34. The third-order valence-electron chi connectivity index (χ3n) is 6.64. The Morgan fingerprint density at radius 1 is 1.05 bits per heavy atom. The predicted octanol–water partition coefficient (Wildman–Crippen LogP) is 4.33. The molecule has 4 rings (SSSR count). The molecule has 1 aliphatic rings. The van der Waals surface area contributed by atoms with Gasteiger partial charge in [0.1, 0.15) is 23.9 Å². The van der Waals surface area contributed by atoms with Gasteiger partial charge in [-0.3, -0.25) is 4.79 Å². The van der Waals surface area contributed by atoms with E-state index in [-0.39, 0.29) is 23.1 Å². The fraction of sp³-hybridized carbons (Fsp3) is 0.308. The molecular weight excluding hydrogens is 586 g/mol. The van der Waals surface area contributed by atoms with Gasteiger partial charge in [0.05, 0.1) is 32.0 Å². The van der Waals surface area contributed by atoms with Crippen LogP contribution in [0.1, 0.15) is 21.6 Å². The minimum atomic E-state index is -5.66. The second-order valence-electron chi connectivity index (χ2n) is 9.23. The van der Waals surface area contributed by atoms with E-state index in [0.717, 1.165) is 43.5 Å². The number of carbonyl (C=O) groups is 1. The topological polar surface area (TPSA) is 116 Å². The molecule has 0 spiro atoms. The molecule has 4 N–H and O–H groups in total. The van der Waals surface area contributed by atoms with Crippen LogP contribution in [0.5, 0.6) is 17.2 Å². The zero-order valence-corrected chi connectivity index (χ0v) is 21.6. The van der Waals surface area contributed by atoms with Gasteiger partial charge in [-0.25, -0.2) is 13.8 Å². The van der Waals surface area contributed by atoms with Gasteiger partial charge < -0.3 is 30.4 Å². The summed E-state index contributed by atoms with van der Waals surface area (Å²) in [6.07, 6.45) is -10.9. The van der Waals surface area contributed by atoms with E-state index in [9.17, 15) is 45.0 Å². The van der Waals surface area contributed by atoms with E-state index in [1.54, 1.807) is 5.32 Å². The van der Waals surface area contributed by atoms with Crippen molar-refractivity contribution in [3.63, 3.8) is 0 Å². The highest BCUT2D eigenvalue weighted by Gasteiger charge is 2.61. The normalized spacial score (nSPS) is 18.1. The Morgan fingerprint density at radius 2 is 1.64 bits per heavy atom. The maximum atomic E-state index is 14.5. The molecule has 16 heteroatoms. The van der Waals surface area contributed by atoms with Gasteiger partial charge in [0.25, 0.3) is 5.91 Å². The van der Waals surface area contributed by atoms with Crippen molar-refractivity contribution in [3.8, 4) is 28.5 Å². The van der Waals surface area contributed by atoms with E-state index >= 15 is 0 Å². The van der Waals surface area contributed by atoms with Crippen LogP contribution in [0.2, 0.25) is 0 Å². The summed E-state index contributed by atoms with van der Waals surface area (Å²) < 4.78 is 128. The molecule has 226 valence electrons. The molecule has 8 nitrogen and oxygen atoms in total. The Kier molecular flexibility index (Phi) is 7.75. The number of nitrogens with two attached hydrogens (primary N) is 1. The fourth-order valence-electron chi connectivity index (χ4n) is 4.19. The summed E-state index contributed by atoms with van der Waals surface area (Å²) in [5, 5.41) is 12.7. The number of rotatable bonds is 7. The Bertz CT molecular complexity index is 1510. The third-order valence-corrected chi connectivity index (χ3v) is 6.64. The molecule has 2 atom stereocenters. The number of ether oxygens (including phenoxy) is 3. The summed E-state index contributed by atoms with van der Waals surface area (Å²) in [4.78, 5) is 16.5. The van der Waals surface area contributed by atoms with Gasteiger partial charge in [0.2, 0.25) is 5.60 Å². The van der Waals surface area contributed by atoms with E-state index in [1.807, 2.05) is 0 Å². The van der Waals surface area contributed by atoms with Crippen molar-refractivity contribution in [3.05, 3.63) is 70.9 Å². The standard InChI is InChI=1S/C26H21F8N3O5/c1-40-17-7-14(16(28)9-18(17)41-2)22(38)36-10-24(39,26(32,33)34)19-8-15-21(42-11-23(15,35)25(29,30)31)20(37-19)12-3-5-13(27)6-4-12/h3-9,39H,10-11,35H2,1-2H3,(H,36,38)/t23-,24-/m0/s1. The zero-order valence-electron chi connectivity index (χ0n) is 21.6. The Balaban J connectivity index is 1.84. The first-order chi connectivity index (χ1) is 19.5. The van der Waals surface area contributed by atoms with Gasteiger partial charge in [-0.05, 0) is 36.4 Å². The van der Waals surface area contributed by atoms with Crippen LogP contribution in [0.4, 0.5) is 35.1 Å². The van der Waals surface area contributed by atoms with Gasteiger partial charge >= 0.3 is 12.4 Å². The van der Waals surface area contributed by atoms with Crippen LogP contribution in [0.25, 0.3) is 11.3 Å². The zero-order chi connectivity index (χ0) is 31.3. The SMILES string of the molecule is COc1cc(F)c(C(=O)NC[C@](O)(c2cc3c(c(-c4ccc(F)cc4)n2)OC[C@@]3(N)C(F)(F)F)C(F)(F)F)cc1OC. The summed E-state index contributed by atoms with van der Waals surface area (Å²) in [6, 6.07) is 5.63. The number of nitrogens with zero attached hydrogens (tertiary/aromatic N) is 1. The quantitative estimate of drug-likeness (QED) is 0.343. The van der Waals surface area contributed by atoms with Crippen molar-refractivity contribution in [2.45, 2.75) is 23.5 Å². The van der Waals surface area contributed by atoms with E-state index in [2.05, 4.69) is 4.98 Å². The lowest BCUT2D eigenvalue weighted by molar-refractivity contribution is -0.265. The number of pyridine rings is 1. The molecule has 0 unspecified atom stereocenters. The predicted molar refractivity (Wildman–Crippen MR) is 129 cm³/mol. The number of carbonyl (C=O) groups excluding carboxylic acids is 1. The highest BCUT2D eigenvalue weighted by molar-refractivity contribution is 5.95. The number of benzene rings is 2. The molecule has 2 heterocycles. The number of nitrogens with one attached hydrogen (secondary N) is 1. The second kappa shape index (κ2) is 10.6. The van der Waals surface area contributed by atoms with Gasteiger partial charge in [0, 0.05) is 17.2 Å². The average molecular weight is 607 g/mol. The molecule has 0 radical (unpaired) electrons. The number of aromatic nitrogens is 1. The van der Waals surface area contributed by atoms with Crippen LogP contribution in [0.15, 0.2) is 42.5 Å². The van der Waals surface area contributed by atoms with Crippen molar-refractivity contribution < 1.29 is 59.2 Å². The average Bonchev–Trinajstić information content (AvgIpc) is 3.28. The maximum absolute atomic E-state index is 14.5. The van der Waals surface area contributed by atoms with E-state index in [1.165, 1.54) is 7.11 Å². The van der Waals surface area contributed by atoms with E-state index in [0.29, 0.717) is 0 Å². The van der Waals surface area contributed by atoms with Crippen molar-refractivity contribution in [1.29, 1.82) is 0 Å². The van der Waals surface area contributed by atoms with Crippen molar-refractivity contribution in [1.82, 2.24) is 10.3 Å². The molecule has 0 bridgehead atoms. The van der Waals surface area contributed by atoms with Crippen LogP contribution in [0.3, 0.4) is 0 Å². The molecule has 42 heavy (non-hydrogen) atoms. The molecule has 2 aromatic carbocycles. The van der Waals surface area contributed by atoms with Crippen LogP contribution < -0.4 is 25.3 Å². The summed E-state index contributed by atoms with van der Waals surface area (Å²) >= 11 is 0. The minimum absolute atomic E-state index is 0.133. The number of hydrogen-bond donors (Lipinski definition) is 3. The maximum Gasteiger partial charge on any atom is 0.424 e. The lowest BCUT2D eigenvalue weighted by Gasteiger charge is -2.32. The molecule has 0 fully saturated rings. The molecule has 0 aliphatic carbocycles. The summed E-state index contributed by atoms with van der Waals surface area (Å²) in [7, 11) is 2.32. The molecule has 1 amide bonds. The van der Waals surface area contributed by atoms with Gasteiger partial charge in [-0.2, -0.15) is 26.3 Å². The summed E-state index contributed by atoms with van der Waals surface area (Å²) in [6.45, 7) is -2.95.